The topological polar surface area (TPSA) is 80.4 Å². The largest absolute Gasteiger partial charge is 0.493 e. The first kappa shape index (κ1) is 16.5. The maximum atomic E-state index is 13.4. The first-order chi connectivity index (χ1) is 12.0. The Morgan fingerprint density at radius 2 is 1.92 bits per heavy atom. The number of ketones is 1. The van der Waals surface area contributed by atoms with Gasteiger partial charge in [-0.3, -0.25) is 9.59 Å². The van der Waals surface area contributed by atoms with Crippen molar-refractivity contribution < 1.29 is 23.5 Å². The van der Waals surface area contributed by atoms with E-state index < -0.39 is 17.5 Å². The van der Waals surface area contributed by atoms with Gasteiger partial charge >= 0.3 is 0 Å². The molecule has 1 amide bonds. The van der Waals surface area contributed by atoms with Crippen LogP contribution >= 0.6 is 0 Å². The Balaban J connectivity index is 1.91. The van der Waals surface area contributed by atoms with Crippen LogP contribution in [0.1, 0.15) is 10.4 Å². The average Bonchev–Trinajstić information content (AvgIpc) is 3.03. The third-order valence-electron chi connectivity index (χ3n) is 3.75. The number of hydrogen-bond acceptors (Lipinski definition) is 4. The zero-order chi connectivity index (χ0) is 18.0. The number of ether oxygens (including phenoxy) is 2. The van der Waals surface area contributed by atoms with Crippen molar-refractivity contribution >= 4 is 28.3 Å². The SMILES string of the molecule is COc1cccc(NC(=O)C(=O)c2c[nH]c3ccc(F)cc23)c1OC. The van der Waals surface area contributed by atoms with Crippen molar-refractivity contribution in [2.45, 2.75) is 0 Å². The molecule has 3 aromatic rings. The maximum Gasteiger partial charge on any atom is 0.296 e. The van der Waals surface area contributed by atoms with E-state index >= 15 is 0 Å². The average molecular weight is 342 g/mol. The molecule has 0 aliphatic rings. The van der Waals surface area contributed by atoms with E-state index in [1.54, 1.807) is 18.2 Å². The smallest absolute Gasteiger partial charge is 0.296 e. The predicted molar refractivity (Wildman–Crippen MR) is 90.8 cm³/mol. The molecule has 0 bridgehead atoms. The third kappa shape index (κ3) is 3.03. The van der Waals surface area contributed by atoms with Crippen LogP contribution in [0.25, 0.3) is 10.9 Å². The van der Waals surface area contributed by atoms with Crippen molar-refractivity contribution in [3.8, 4) is 11.5 Å². The highest BCUT2D eigenvalue weighted by Crippen LogP contribution is 2.34. The molecular formula is C18H15FN2O4. The minimum atomic E-state index is -0.864. The zero-order valence-corrected chi connectivity index (χ0v) is 13.6. The monoisotopic (exact) mass is 342 g/mol. The summed E-state index contributed by atoms with van der Waals surface area (Å²) >= 11 is 0. The van der Waals surface area contributed by atoms with Crippen LogP contribution in [0.15, 0.2) is 42.6 Å². The van der Waals surface area contributed by atoms with E-state index in [0.717, 1.165) is 0 Å². The van der Waals surface area contributed by atoms with Crippen LogP contribution in [0.3, 0.4) is 0 Å². The standard InChI is InChI=1S/C18H15FN2O4/c1-24-15-5-3-4-14(17(15)25-2)21-18(23)16(22)12-9-20-13-7-6-10(19)8-11(12)13/h3-9,20H,1-2H3,(H,21,23). The number of anilines is 1. The lowest BCUT2D eigenvalue weighted by Crippen LogP contribution is -2.23. The Labute approximate surface area is 142 Å². The summed E-state index contributed by atoms with van der Waals surface area (Å²) in [5.74, 6) is -1.42. The van der Waals surface area contributed by atoms with E-state index in [4.69, 9.17) is 9.47 Å². The number of nitrogens with one attached hydrogen (secondary N) is 2. The zero-order valence-electron chi connectivity index (χ0n) is 13.6. The van der Waals surface area contributed by atoms with E-state index in [2.05, 4.69) is 10.3 Å². The fraction of sp³-hybridized carbons (Fsp3) is 0.111. The molecule has 1 heterocycles. The van der Waals surface area contributed by atoms with Crippen LogP contribution in [0, 0.1) is 5.82 Å². The molecule has 3 rings (SSSR count). The second-order valence-electron chi connectivity index (χ2n) is 5.22. The molecule has 0 saturated carbocycles. The fourth-order valence-corrected chi connectivity index (χ4v) is 2.57. The van der Waals surface area contributed by atoms with Crippen LogP contribution in [0.4, 0.5) is 10.1 Å². The summed E-state index contributed by atoms with van der Waals surface area (Å²) in [6.07, 6.45) is 1.38. The van der Waals surface area contributed by atoms with Gasteiger partial charge in [0.2, 0.25) is 0 Å². The molecule has 1 aromatic heterocycles. The Kier molecular flexibility index (Phi) is 4.38. The summed E-state index contributed by atoms with van der Waals surface area (Å²) in [6, 6.07) is 8.89. The van der Waals surface area contributed by atoms with Gasteiger partial charge < -0.3 is 19.8 Å². The van der Waals surface area contributed by atoms with Gasteiger partial charge in [0.15, 0.2) is 11.5 Å². The van der Waals surface area contributed by atoms with Crippen molar-refractivity contribution in [3.05, 3.63) is 54.0 Å². The molecule has 6 nitrogen and oxygen atoms in total. The molecule has 0 aliphatic heterocycles. The number of hydrogen-bond donors (Lipinski definition) is 2. The lowest BCUT2D eigenvalue weighted by atomic mass is 10.1. The molecule has 0 saturated heterocycles. The van der Waals surface area contributed by atoms with Gasteiger partial charge in [0.1, 0.15) is 5.82 Å². The summed E-state index contributed by atoms with van der Waals surface area (Å²) in [6.45, 7) is 0. The summed E-state index contributed by atoms with van der Waals surface area (Å²) in [7, 11) is 2.90. The Morgan fingerprint density at radius 3 is 2.64 bits per heavy atom. The number of aromatic amines is 1. The van der Waals surface area contributed by atoms with Gasteiger partial charge in [0.25, 0.3) is 11.7 Å². The second kappa shape index (κ2) is 6.64. The molecule has 2 N–H and O–H groups in total. The number of H-pyrrole nitrogens is 1. The van der Waals surface area contributed by atoms with Gasteiger partial charge in [-0.1, -0.05) is 6.07 Å². The Hall–Kier alpha value is -3.35. The predicted octanol–water partition coefficient (Wildman–Crippen LogP) is 3.15. The fourth-order valence-electron chi connectivity index (χ4n) is 2.57. The number of para-hydroxylation sites is 1. The third-order valence-corrected chi connectivity index (χ3v) is 3.75. The van der Waals surface area contributed by atoms with E-state index in [9.17, 15) is 14.0 Å². The molecule has 25 heavy (non-hydrogen) atoms. The van der Waals surface area contributed by atoms with Crippen LogP contribution in [0.2, 0.25) is 0 Å². The van der Waals surface area contributed by atoms with Gasteiger partial charge in [0, 0.05) is 17.1 Å². The molecule has 0 unspecified atom stereocenters. The summed E-state index contributed by atoms with van der Waals surface area (Å²) in [4.78, 5) is 27.6. The minimum absolute atomic E-state index is 0.0915. The number of rotatable bonds is 5. The number of carbonyl (C=O) groups is 2. The molecule has 0 fully saturated rings. The van der Waals surface area contributed by atoms with Crippen LogP contribution < -0.4 is 14.8 Å². The molecular weight excluding hydrogens is 327 g/mol. The van der Waals surface area contributed by atoms with Crippen LogP contribution in [-0.4, -0.2) is 30.9 Å². The first-order valence-electron chi connectivity index (χ1n) is 7.38. The van der Waals surface area contributed by atoms with Crippen molar-refractivity contribution in [3.63, 3.8) is 0 Å². The van der Waals surface area contributed by atoms with Crippen molar-refractivity contribution in [1.29, 1.82) is 0 Å². The molecule has 7 heteroatoms. The maximum absolute atomic E-state index is 13.4. The van der Waals surface area contributed by atoms with E-state index in [1.807, 2.05) is 0 Å². The van der Waals surface area contributed by atoms with Gasteiger partial charge in [-0.25, -0.2) is 4.39 Å². The number of methoxy groups -OCH3 is 2. The van der Waals surface area contributed by atoms with Gasteiger partial charge in [0.05, 0.1) is 25.5 Å². The van der Waals surface area contributed by atoms with Gasteiger partial charge in [-0.2, -0.15) is 0 Å². The first-order valence-corrected chi connectivity index (χ1v) is 7.38. The summed E-state index contributed by atoms with van der Waals surface area (Å²) < 4.78 is 23.8. The lowest BCUT2D eigenvalue weighted by Gasteiger charge is -2.12. The summed E-state index contributed by atoms with van der Waals surface area (Å²) in [5.41, 5.74) is 0.955. The Bertz CT molecular complexity index is 965. The van der Waals surface area contributed by atoms with E-state index in [0.29, 0.717) is 28.1 Å². The number of fused-ring (bicyclic) bond motifs is 1. The number of benzene rings is 2. The lowest BCUT2D eigenvalue weighted by molar-refractivity contribution is -0.112. The number of Topliss-reactive ketones (excluding diaryl/α,β-unsaturated/α-hetero) is 1. The number of carbonyl (C=O) groups excluding carboxylic acids is 2. The Morgan fingerprint density at radius 1 is 1.12 bits per heavy atom. The number of aromatic nitrogens is 1. The summed E-state index contributed by atoms with van der Waals surface area (Å²) in [5, 5.41) is 2.85. The highest BCUT2D eigenvalue weighted by molar-refractivity contribution is 6.48. The van der Waals surface area contributed by atoms with Crippen LogP contribution in [0.5, 0.6) is 11.5 Å². The molecule has 0 aliphatic carbocycles. The van der Waals surface area contributed by atoms with Crippen molar-refractivity contribution in [1.82, 2.24) is 4.98 Å². The van der Waals surface area contributed by atoms with Crippen molar-refractivity contribution in [2.75, 3.05) is 19.5 Å². The number of halogens is 1. The second-order valence-corrected chi connectivity index (χ2v) is 5.22. The molecule has 2 aromatic carbocycles. The molecule has 0 spiro atoms. The number of amides is 1. The highest BCUT2D eigenvalue weighted by atomic mass is 19.1. The minimum Gasteiger partial charge on any atom is -0.493 e. The van der Waals surface area contributed by atoms with Gasteiger partial charge in [-0.15, -0.1) is 0 Å². The van der Waals surface area contributed by atoms with Crippen molar-refractivity contribution in [2.24, 2.45) is 0 Å². The quantitative estimate of drug-likeness (QED) is 0.551. The van der Waals surface area contributed by atoms with E-state index in [1.165, 1.54) is 38.6 Å². The molecule has 128 valence electrons. The van der Waals surface area contributed by atoms with E-state index in [-0.39, 0.29) is 5.56 Å². The normalized spacial score (nSPS) is 10.5. The molecule has 0 atom stereocenters. The molecule has 0 radical (unpaired) electrons. The van der Waals surface area contributed by atoms with Crippen LogP contribution in [-0.2, 0) is 4.79 Å². The van der Waals surface area contributed by atoms with Gasteiger partial charge in [-0.05, 0) is 30.3 Å². The highest BCUT2D eigenvalue weighted by Gasteiger charge is 2.22.